The van der Waals surface area contributed by atoms with Crippen molar-refractivity contribution >= 4 is 20.7 Å². The van der Waals surface area contributed by atoms with Crippen LogP contribution in [0.25, 0.3) is 6.08 Å². The first-order chi connectivity index (χ1) is 8.28. The highest BCUT2D eigenvalue weighted by molar-refractivity contribution is 6.74. The molecular formula is C15H21O2Si. The van der Waals surface area contributed by atoms with Gasteiger partial charge in [-0.15, -0.1) is 0 Å². The Morgan fingerprint density at radius 2 is 1.83 bits per heavy atom. The molecule has 3 heteroatoms. The van der Waals surface area contributed by atoms with E-state index in [2.05, 4.69) is 33.9 Å². The van der Waals surface area contributed by atoms with E-state index >= 15 is 0 Å². The molecule has 0 N–H and O–H groups in total. The van der Waals surface area contributed by atoms with Crippen molar-refractivity contribution in [2.24, 2.45) is 0 Å². The standard InChI is InChI=1S/C15H21O2Si/c1-15(2,3)18(4,5)17-14-11-7-6-9-13(14)10-8-12-16/h6-11H,1-5H3. The molecular weight excluding hydrogens is 240 g/mol. The van der Waals surface area contributed by atoms with Gasteiger partial charge in [0.05, 0.1) is 0 Å². The Bertz CT molecular complexity index is 442. The molecule has 97 valence electrons. The van der Waals surface area contributed by atoms with Crippen LogP contribution in [0.15, 0.2) is 30.3 Å². The van der Waals surface area contributed by atoms with Gasteiger partial charge in [-0.3, -0.25) is 4.79 Å². The Morgan fingerprint density at radius 1 is 1.22 bits per heavy atom. The lowest BCUT2D eigenvalue weighted by Gasteiger charge is -2.36. The first kappa shape index (κ1) is 14.7. The van der Waals surface area contributed by atoms with E-state index in [1.165, 1.54) is 6.08 Å². The first-order valence-electron chi connectivity index (χ1n) is 6.10. The monoisotopic (exact) mass is 261 g/mol. The summed E-state index contributed by atoms with van der Waals surface area (Å²) in [5.41, 5.74) is 0.922. The summed E-state index contributed by atoms with van der Waals surface area (Å²) in [6.45, 7) is 11.0. The van der Waals surface area contributed by atoms with E-state index in [0.29, 0.717) is 0 Å². The van der Waals surface area contributed by atoms with Gasteiger partial charge >= 0.3 is 0 Å². The van der Waals surface area contributed by atoms with E-state index < -0.39 is 8.32 Å². The van der Waals surface area contributed by atoms with Gasteiger partial charge in [0.2, 0.25) is 6.29 Å². The topological polar surface area (TPSA) is 26.3 Å². The lowest BCUT2D eigenvalue weighted by atomic mass is 10.2. The molecule has 18 heavy (non-hydrogen) atoms. The maximum atomic E-state index is 10.3. The molecule has 0 aliphatic heterocycles. The van der Waals surface area contributed by atoms with Crippen molar-refractivity contribution < 1.29 is 9.22 Å². The molecule has 0 amide bonds. The average molecular weight is 261 g/mol. The van der Waals surface area contributed by atoms with Crippen LogP contribution in [-0.4, -0.2) is 14.6 Å². The summed E-state index contributed by atoms with van der Waals surface area (Å²) < 4.78 is 6.25. The van der Waals surface area contributed by atoms with Crippen molar-refractivity contribution in [2.45, 2.75) is 38.9 Å². The van der Waals surface area contributed by atoms with Crippen LogP contribution in [-0.2, 0) is 4.79 Å². The van der Waals surface area contributed by atoms with Crippen LogP contribution in [0.1, 0.15) is 26.3 Å². The van der Waals surface area contributed by atoms with E-state index in [9.17, 15) is 4.79 Å². The van der Waals surface area contributed by atoms with Gasteiger partial charge in [0.25, 0.3) is 8.32 Å². The zero-order valence-corrected chi connectivity index (χ0v) is 12.8. The van der Waals surface area contributed by atoms with E-state index in [1.807, 2.05) is 24.3 Å². The summed E-state index contributed by atoms with van der Waals surface area (Å²) in [4.78, 5) is 10.3. The largest absolute Gasteiger partial charge is 0.543 e. The van der Waals surface area contributed by atoms with Crippen molar-refractivity contribution in [1.82, 2.24) is 0 Å². The van der Waals surface area contributed by atoms with E-state index in [4.69, 9.17) is 4.43 Å². The van der Waals surface area contributed by atoms with Gasteiger partial charge < -0.3 is 4.43 Å². The number of para-hydroxylation sites is 1. The summed E-state index contributed by atoms with van der Waals surface area (Å²) in [5, 5.41) is 0.153. The maximum absolute atomic E-state index is 10.3. The second kappa shape index (κ2) is 5.53. The Kier molecular flexibility index (Phi) is 4.51. The third kappa shape index (κ3) is 3.57. The van der Waals surface area contributed by atoms with Crippen LogP contribution >= 0.6 is 0 Å². The quantitative estimate of drug-likeness (QED) is 0.600. The molecule has 1 aromatic rings. The zero-order chi connectivity index (χ0) is 13.8. The third-order valence-corrected chi connectivity index (χ3v) is 7.76. The van der Waals surface area contributed by atoms with Crippen molar-refractivity contribution in [2.75, 3.05) is 0 Å². The molecule has 1 radical (unpaired) electrons. The van der Waals surface area contributed by atoms with Crippen molar-refractivity contribution in [3.8, 4) is 5.75 Å². The highest BCUT2D eigenvalue weighted by Gasteiger charge is 2.39. The number of allylic oxidation sites excluding steroid dienone is 1. The molecule has 0 heterocycles. The first-order valence-corrected chi connectivity index (χ1v) is 9.01. The summed E-state index contributed by atoms with van der Waals surface area (Å²) >= 11 is 0. The zero-order valence-electron chi connectivity index (χ0n) is 11.8. The average Bonchev–Trinajstić information content (AvgIpc) is 2.26. The molecule has 1 aromatic carbocycles. The fourth-order valence-corrected chi connectivity index (χ4v) is 2.30. The number of benzene rings is 1. The molecule has 0 fully saturated rings. The van der Waals surface area contributed by atoms with Crippen LogP contribution in [0.3, 0.4) is 0 Å². The Hall–Kier alpha value is -1.35. The van der Waals surface area contributed by atoms with Crippen molar-refractivity contribution in [1.29, 1.82) is 0 Å². The third-order valence-electron chi connectivity index (χ3n) is 3.42. The summed E-state index contributed by atoms with van der Waals surface area (Å²) in [6, 6.07) is 7.77. The van der Waals surface area contributed by atoms with Crippen LogP contribution < -0.4 is 4.43 Å². The van der Waals surface area contributed by atoms with E-state index in [0.717, 1.165) is 11.3 Å². The molecule has 0 atom stereocenters. The highest BCUT2D eigenvalue weighted by atomic mass is 28.4. The normalized spacial score (nSPS) is 12.7. The lowest BCUT2D eigenvalue weighted by molar-refractivity contribution is 0.491. The van der Waals surface area contributed by atoms with Crippen molar-refractivity contribution in [3.05, 3.63) is 35.9 Å². The maximum Gasteiger partial charge on any atom is 0.250 e. The fourth-order valence-electron chi connectivity index (χ4n) is 1.26. The molecule has 0 saturated carbocycles. The van der Waals surface area contributed by atoms with Crippen LogP contribution in [0, 0.1) is 0 Å². The number of hydrogen-bond donors (Lipinski definition) is 0. The molecule has 0 spiro atoms. The minimum Gasteiger partial charge on any atom is -0.543 e. The molecule has 0 unspecified atom stereocenters. The molecule has 0 saturated heterocycles. The van der Waals surface area contributed by atoms with Crippen LogP contribution in [0.2, 0.25) is 18.1 Å². The van der Waals surface area contributed by atoms with Gasteiger partial charge in [0.15, 0.2) is 0 Å². The van der Waals surface area contributed by atoms with Gasteiger partial charge in [-0.1, -0.05) is 39.0 Å². The molecule has 2 nitrogen and oxygen atoms in total. The van der Waals surface area contributed by atoms with Crippen molar-refractivity contribution in [3.63, 3.8) is 0 Å². The van der Waals surface area contributed by atoms with Gasteiger partial charge in [-0.05, 0) is 36.4 Å². The minimum absolute atomic E-state index is 0.153. The second-order valence-corrected chi connectivity index (χ2v) is 10.6. The number of rotatable bonds is 4. The number of carbonyl (C=O) groups excluding carboxylic acids is 1. The van der Waals surface area contributed by atoms with E-state index in [-0.39, 0.29) is 5.04 Å². The molecule has 1 rings (SSSR count). The Morgan fingerprint density at radius 3 is 2.39 bits per heavy atom. The summed E-state index contributed by atoms with van der Waals surface area (Å²) in [6.07, 6.45) is 4.86. The molecule has 0 bridgehead atoms. The molecule has 0 aliphatic rings. The van der Waals surface area contributed by atoms with Gasteiger partial charge in [0.1, 0.15) is 5.75 Å². The van der Waals surface area contributed by atoms with Gasteiger partial charge in [-0.2, -0.15) is 0 Å². The smallest absolute Gasteiger partial charge is 0.250 e. The minimum atomic E-state index is -1.85. The number of hydrogen-bond acceptors (Lipinski definition) is 2. The SMILES string of the molecule is CC(C)(C)[Si](C)(C)Oc1ccccc1C=C[C]=O. The summed E-state index contributed by atoms with van der Waals surface area (Å²) in [7, 11) is -1.85. The molecule has 0 aliphatic carbocycles. The van der Waals surface area contributed by atoms with Crippen LogP contribution in [0.4, 0.5) is 0 Å². The van der Waals surface area contributed by atoms with Gasteiger partial charge in [-0.25, -0.2) is 0 Å². The fraction of sp³-hybridized carbons (Fsp3) is 0.400. The summed E-state index contributed by atoms with van der Waals surface area (Å²) in [5.74, 6) is 0.843. The Balaban J connectivity index is 3.04. The van der Waals surface area contributed by atoms with Crippen LogP contribution in [0.5, 0.6) is 5.75 Å². The van der Waals surface area contributed by atoms with Gasteiger partial charge in [0, 0.05) is 5.56 Å². The second-order valence-electron chi connectivity index (χ2n) is 5.85. The molecule has 0 aromatic heterocycles. The Labute approximate surface area is 111 Å². The highest BCUT2D eigenvalue weighted by Crippen LogP contribution is 2.38. The van der Waals surface area contributed by atoms with E-state index in [1.54, 1.807) is 12.4 Å². The predicted octanol–water partition coefficient (Wildman–Crippen LogP) is 4.19. The lowest BCUT2D eigenvalue weighted by Crippen LogP contribution is -2.44. The predicted molar refractivity (Wildman–Crippen MR) is 79.0 cm³/mol.